The summed E-state index contributed by atoms with van der Waals surface area (Å²) >= 11 is 1.54. The van der Waals surface area contributed by atoms with Crippen molar-refractivity contribution in [1.82, 2.24) is 20.1 Å². The fourth-order valence-electron chi connectivity index (χ4n) is 2.56. The van der Waals surface area contributed by atoms with Crippen molar-refractivity contribution >= 4 is 34.2 Å². The summed E-state index contributed by atoms with van der Waals surface area (Å²) in [6, 6.07) is 5.71. The average Bonchev–Trinajstić information content (AvgIpc) is 3.27. The summed E-state index contributed by atoms with van der Waals surface area (Å²) in [5.74, 6) is -1.94. The van der Waals surface area contributed by atoms with Crippen LogP contribution in [0.5, 0.6) is 0 Å². The SMILES string of the molecule is CC(CNC(=O)c1cc(-c2cccs2)nc2c1cnn2C(C)C)C(=O)O. The third-order valence-electron chi connectivity index (χ3n) is 4.06. The van der Waals surface area contributed by atoms with E-state index in [4.69, 9.17) is 10.1 Å². The van der Waals surface area contributed by atoms with Gasteiger partial charge in [-0.15, -0.1) is 11.3 Å². The van der Waals surface area contributed by atoms with Crippen LogP contribution in [0.25, 0.3) is 21.6 Å². The van der Waals surface area contributed by atoms with Crippen molar-refractivity contribution in [3.63, 3.8) is 0 Å². The number of rotatable bonds is 6. The maximum Gasteiger partial charge on any atom is 0.308 e. The first-order valence-electron chi connectivity index (χ1n) is 8.31. The van der Waals surface area contributed by atoms with E-state index in [1.54, 1.807) is 35.2 Å². The Morgan fingerprint density at radius 1 is 1.35 bits per heavy atom. The second-order valence-corrected chi connectivity index (χ2v) is 7.35. The summed E-state index contributed by atoms with van der Waals surface area (Å²) in [7, 11) is 0. The Labute approximate surface area is 154 Å². The van der Waals surface area contributed by atoms with Gasteiger partial charge in [-0.1, -0.05) is 13.0 Å². The first kappa shape index (κ1) is 18.1. The number of amides is 1. The fraction of sp³-hybridized carbons (Fsp3) is 0.333. The summed E-state index contributed by atoms with van der Waals surface area (Å²) in [6.45, 7) is 5.61. The highest BCUT2D eigenvalue weighted by molar-refractivity contribution is 7.13. The molecule has 1 amide bonds. The molecule has 0 spiro atoms. The maximum absolute atomic E-state index is 12.7. The molecular formula is C18H20N4O3S. The van der Waals surface area contributed by atoms with Crippen LogP contribution < -0.4 is 5.32 Å². The molecule has 0 saturated carbocycles. The van der Waals surface area contributed by atoms with Gasteiger partial charge in [0.15, 0.2) is 5.65 Å². The van der Waals surface area contributed by atoms with Gasteiger partial charge in [0, 0.05) is 12.6 Å². The lowest BCUT2D eigenvalue weighted by Crippen LogP contribution is -2.31. The Hall–Kier alpha value is -2.74. The molecule has 8 heteroatoms. The van der Waals surface area contributed by atoms with Gasteiger partial charge in [0.1, 0.15) is 0 Å². The van der Waals surface area contributed by atoms with Crippen molar-refractivity contribution in [2.24, 2.45) is 5.92 Å². The lowest BCUT2D eigenvalue weighted by molar-refractivity contribution is -0.140. The zero-order valence-corrected chi connectivity index (χ0v) is 15.6. The van der Waals surface area contributed by atoms with E-state index in [-0.39, 0.29) is 18.5 Å². The molecule has 26 heavy (non-hydrogen) atoms. The zero-order chi connectivity index (χ0) is 18.8. The molecule has 0 aliphatic heterocycles. The molecule has 1 unspecified atom stereocenters. The molecule has 0 aliphatic rings. The molecule has 3 aromatic heterocycles. The van der Waals surface area contributed by atoms with Crippen LogP contribution in [0.15, 0.2) is 29.8 Å². The van der Waals surface area contributed by atoms with Gasteiger partial charge in [0.2, 0.25) is 0 Å². The normalized spacial score (nSPS) is 12.5. The topological polar surface area (TPSA) is 97.1 Å². The number of carboxylic acids is 1. The standard InChI is InChI=1S/C18H20N4O3S/c1-10(2)22-16-13(9-20-22)12(17(23)19-8-11(3)18(24)25)7-14(21-16)15-5-4-6-26-15/h4-7,9-11H,8H2,1-3H3,(H,19,23)(H,24,25). The summed E-state index contributed by atoms with van der Waals surface area (Å²) < 4.78 is 1.78. The van der Waals surface area contributed by atoms with E-state index < -0.39 is 11.9 Å². The van der Waals surface area contributed by atoms with E-state index >= 15 is 0 Å². The third-order valence-corrected chi connectivity index (χ3v) is 4.96. The summed E-state index contributed by atoms with van der Waals surface area (Å²) in [4.78, 5) is 29.4. The minimum absolute atomic E-state index is 0.0602. The highest BCUT2D eigenvalue weighted by Gasteiger charge is 2.20. The van der Waals surface area contributed by atoms with Gasteiger partial charge in [0.25, 0.3) is 5.91 Å². The summed E-state index contributed by atoms with van der Waals surface area (Å²) in [5, 5.41) is 18.7. The number of hydrogen-bond donors (Lipinski definition) is 2. The van der Waals surface area contributed by atoms with Crippen LogP contribution in [-0.2, 0) is 4.79 Å². The molecule has 2 N–H and O–H groups in total. The molecule has 7 nitrogen and oxygen atoms in total. The lowest BCUT2D eigenvalue weighted by Gasteiger charge is -2.11. The highest BCUT2D eigenvalue weighted by Crippen LogP contribution is 2.28. The lowest BCUT2D eigenvalue weighted by atomic mass is 10.1. The Morgan fingerprint density at radius 2 is 2.12 bits per heavy atom. The number of carbonyl (C=O) groups is 2. The van der Waals surface area contributed by atoms with Crippen LogP contribution >= 0.6 is 11.3 Å². The Kier molecular flexibility index (Phi) is 5.03. The van der Waals surface area contributed by atoms with Gasteiger partial charge in [-0.2, -0.15) is 5.10 Å². The number of aliphatic carboxylic acids is 1. The molecule has 0 aliphatic carbocycles. The number of fused-ring (bicyclic) bond motifs is 1. The van der Waals surface area contributed by atoms with Crippen LogP contribution in [-0.4, -0.2) is 38.3 Å². The second-order valence-electron chi connectivity index (χ2n) is 6.40. The van der Waals surface area contributed by atoms with Gasteiger partial charge in [-0.05, 0) is 31.4 Å². The largest absolute Gasteiger partial charge is 0.481 e. The molecule has 0 bridgehead atoms. The Morgan fingerprint density at radius 3 is 2.73 bits per heavy atom. The van der Waals surface area contributed by atoms with Gasteiger partial charge in [0.05, 0.1) is 33.6 Å². The monoisotopic (exact) mass is 372 g/mol. The predicted octanol–water partition coefficient (Wildman–Crippen LogP) is 3.19. The first-order chi connectivity index (χ1) is 12.4. The van der Waals surface area contributed by atoms with Crippen molar-refractivity contribution in [3.8, 4) is 10.6 Å². The molecule has 3 rings (SSSR count). The van der Waals surface area contributed by atoms with Crippen molar-refractivity contribution < 1.29 is 14.7 Å². The number of carbonyl (C=O) groups excluding carboxylic acids is 1. The van der Waals surface area contributed by atoms with E-state index in [1.807, 2.05) is 31.4 Å². The van der Waals surface area contributed by atoms with Crippen molar-refractivity contribution in [1.29, 1.82) is 0 Å². The molecule has 0 saturated heterocycles. The van der Waals surface area contributed by atoms with Crippen LogP contribution in [0.3, 0.4) is 0 Å². The smallest absolute Gasteiger partial charge is 0.308 e. The summed E-state index contributed by atoms with van der Waals surface area (Å²) in [5.41, 5.74) is 1.79. The minimum atomic E-state index is -0.947. The zero-order valence-electron chi connectivity index (χ0n) is 14.8. The molecule has 3 aromatic rings. The Bertz CT molecular complexity index is 947. The molecule has 0 aromatic carbocycles. The number of hydrogen-bond acceptors (Lipinski definition) is 5. The number of aromatic nitrogens is 3. The van der Waals surface area contributed by atoms with Crippen LogP contribution in [0, 0.1) is 5.92 Å². The van der Waals surface area contributed by atoms with E-state index in [2.05, 4.69) is 10.4 Å². The van der Waals surface area contributed by atoms with E-state index in [0.717, 1.165) is 4.88 Å². The van der Waals surface area contributed by atoms with Gasteiger partial charge >= 0.3 is 5.97 Å². The predicted molar refractivity (Wildman–Crippen MR) is 100 cm³/mol. The minimum Gasteiger partial charge on any atom is -0.481 e. The third kappa shape index (κ3) is 3.45. The molecule has 1 atom stereocenters. The molecule has 3 heterocycles. The summed E-state index contributed by atoms with van der Waals surface area (Å²) in [6.07, 6.45) is 1.63. The van der Waals surface area contributed by atoms with E-state index in [9.17, 15) is 9.59 Å². The number of nitrogens with one attached hydrogen (secondary N) is 1. The van der Waals surface area contributed by atoms with Crippen molar-refractivity contribution in [2.75, 3.05) is 6.54 Å². The maximum atomic E-state index is 12.7. The van der Waals surface area contributed by atoms with Gasteiger partial charge in [-0.3, -0.25) is 9.59 Å². The van der Waals surface area contributed by atoms with Gasteiger partial charge < -0.3 is 10.4 Å². The first-order valence-corrected chi connectivity index (χ1v) is 9.19. The second kappa shape index (κ2) is 7.25. The number of thiophene rings is 1. The molecule has 0 fully saturated rings. The number of nitrogens with zero attached hydrogens (tertiary/aromatic N) is 3. The van der Waals surface area contributed by atoms with E-state index in [1.165, 1.54) is 0 Å². The van der Waals surface area contributed by atoms with Crippen molar-refractivity contribution in [2.45, 2.75) is 26.8 Å². The Balaban J connectivity index is 2.05. The number of carboxylic acid groups (broad SMARTS) is 1. The van der Waals surface area contributed by atoms with Crippen LogP contribution in [0.4, 0.5) is 0 Å². The van der Waals surface area contributed by atoms with Crippen molar-refractivity contribution in [3.05, 3.63) is 35.3 Å². The van der Waals surface area contributed by atoms with Crippen LogP contribution in [0.1, 0.15) is 37.2 Å². The van der Waals surface area contributed by atoms with E-state index in [0.29, 0.717) is 22.3 Å². The number of pyridine rings is 1. The molecule has 136 valence electrons. The molecular weight excluding hydrogens is 352 g/mol. The fourth-order valence-corrected chi connectivity index (χ4v) is 3.25. The molecule has 0 radical (unpaired) electrons. The highest BCUT2D eigenvalue weighted by atomic mass is 32.1. The quantitative estimate of drug-likeness (QED) is 0.692. The van der Waals surface area contributed by atoms with Crippen LogP contribution in [0.2, 0.25) is 0 Å². The average molecular weight is 372 g/mol. The van der Waals surface area contributed by atoms with Gasteiger partial charge in [-0.25, -0.2) is 9.67 Å².